The number of hydrogen-bond acceptors (Lipinski definition) is 3. The molecule has 3 aromatic carbocycles. The van der Waals surface area contributed by atoms with Crippen LogP contribution in [0.25, 0.3) is 10.8 Å². The summed E-state index contributed by atoms with van der Waals surface area (Å²) in [6, 6.07) is 40.5. The maximum absolute atomic E-state index is 4.58. The zero-order chi connectivity index (χ0) is 58.1. The van der Waals surface area contributed by atoms with Crippen LogP contribution in [0.15, 0.2) is 155 Å². The van der Waals surface area contributed by atoms with Gasteiger partial charge in [0.05, 0.1) is 12.5 Å². The number of pyridine rings is 1. The van der Waals surface area contributed by atoms with E-state index >= 15 is 0 Å². The van der Waals surface area contributed by atoms with Gasteiger partial charge in [0.15, 0.2) is 0 Å². The number of rotatable bonds is 0. The molecule has 0 saturated heterocycles. The first-order valence-corrected chi connectivity index (χ1v) is 29.0. The zero-order valence-corrected chi connectivity index (χ0v) is 54.5. The summed E-state index contributed by atoms with van der Waals surface area (Å²) < 4.78 is 4.58. The summed E-state index contributed by atoms with van der Waals surface area (Å²) in [6.45, 7) is 72.1. The zero-order valence-electron chi connectivity index (χ0n) is 53.7. The monoisotopic (exact) mass is 976 g/mol. The number of hydrogen-bond donors (Lipinski definition) is 0. The van der Waals surface area contributed by atoms with Crippen molar-refractivity contribution in [2.24, 2.45) is 0 Å². The predicted molar refractivity (Wildman–Crippen MR) is 340 cm³/mol. The summed E-state index contributed by atoms with van der Waals surface area (Å²) in [7, 11) is 0. The van der Waals surface area contributed by atoms with Gasteiger partial charge in [0.2, 0.25) is 0 Å². The van der Waals surface area contributed by atoms with E-state index < -0.39 is 0 Å². The van der Waals surface area contributed by atoms with Crippen LogP contribution in [0.1, 0.15) is 247 Å². The first-order valence-electron chi connectivity index (χ1n) is 28.0. The number of aromatic nitrogens is 1. The fraction of sp³-hybridized carbons (Fsp3) is 0.554. The van der Waals surface area contributed by atoms with Crippen LogP contribution in [-0.2, 0) is 0 Å². The quantitative estimate of drug-likeness (QED) is 0.152. The molecule has 0 bridgehead atoms. The van der Waals surface area contributed by atoms with Gasteiger partial charge in [-0.3, -0.25) is 4.98 Å². The first-order chi connectivity index (χ1) is 33.8. The minimum absolute atomic E-state index is 1.07. The van der Waals surface area contributed by atoms with Crippen molar-refractivity contribution in [3.8, 4) is 0 Å². The Bertz CT molecular complexity index is 1040. The second kappa shape index (κ2) is 187. The highest BCUT2D eigenvalue weighted by atomic mass is 32.1. The second-order valence-electron chi connectivity index (χ2n) is 7.06. The molecule has 68 heavy (non-hydrogen) atoms. The number of aryl methyl sites for hydroxylation is 2. The van der Waals surface area contributed by atoms with E-state index in [0.717, 1.165) is 5.69 Å². The van der Waals surface area contributed by atoms with E-state index in [4.69, 9.17) is 0 Å². The molecule has 0 amide bonds. The van der Waals surface area contributed by atoms with Gasteiger partial charge in [-0.05, 0) is 59.6 Å². The Morgan fingerprint density at radius 3 is 0.662 bits per heavy atom. The van der Waals surface area contributed by atoms with Crippen molar-refractivity contribution in [3.63, 3.8) is 0 Å². The molecule has 3 heterocycles. The summed E-state index contributed by atoms with van der Waals surface area (Å²) in [5.41, 5.74) is 2.39. The van der Waals surface area contributed by atoms with Crippen molar-refractivity contribution in [3.05, 3.63) is 162 Å². The molecule has 3 aromatic heterocycles. The highest BCUT2D eigenvalue weighted by Crippen LogP contribution is 2.11. The topological polar surface area (TPSA) is 26.0 Å². The summed E-state index contributed by atoms with van der Waals surface area (Å²) in [5.74, 6) is 0. The fourth-order valence-electron chi connectivity index (χ4n) is 2.57. The molecule has 0 aliphatic heterocycles. The maximum atomic E-state index is 4.58. The van der Waals surface area contributed by atoms with Crippen LogP contribution in [0.4, 0.5) is 0 Å². The first kappa shape index (κ1) is 110. The number of furan rings is 1. The van der Waals surface area contributed by atoms with Gasteiger partial charge in [0.25, 0.3) is 0 Å². The molecule has 0 saturated carbocycles. The van der Waals surface area contributed by atoms with Crippen molar-refractivity contribution >= 4 is 22.1 Å². The Morgan fingerprint density at radius 2 is 0.529 bits per heavy atom. The molecule has 0 unspecified atom stereocenters. The third kappa shape index (κ3) is 144. The summed E-state index contributed by atoms with van der Waals surface area (Å²) in [4.78, 5) is 3.98. The Balaban J connectivity index is -0.0000000310. The normalized spacial score (nSPS) is 5.94. The second-order valence-corrected chi connectivity index (χ2v) is 7.88. The minimum Gasteiger partial charge on any atom is -0.473 e. The van der Waals surface area contributed by atoms with Crippen LogP contribution in [0.5, 0.6) is 0 Å². The van der Waals surface area contributed by atoms with E-state index in [1.807, 2.05) is 314 Å². The Labute approximate surface area is 440 Å². The van der Waals surface area contributed by atoms with E-state index in [-0.39, 0.29) is 0 Å². The van der Waals surface area contributed by atoms with E-state index in [1.165, 1.54) is 16.3 Å². The smallest absolute Gasteiger partial charge is 0.0902 e. The molecular formula is C65H133NOS. The van der Waals surface area contributed by atoms with Crippen molar-refractivity contribution in [2.75, 3.05) is 0 Å². The van der Waals surface area contributed by atoms with Gasteiger partial charge in [-0.2, -0.15) is 11.3 Å². The van der Waals surface area contributed by atoms with Crippen molar-refractivity contribution in [1.29, 1.82) is 0 Å². The lowest BCUT2D eigenvalue weighted by Gasteiger charge is -1.92. The van der Waals surface area contributed by atoms with Gasteiger partial charge in [0, 0.05) is 11.9 Å². The van der Waals surface area contributed by atoms with E-state index in [2.05, 4.69) is 77.0 Å². The van der Waals surface area contributed by atoms with Crippen LogP contribution in [-0.4, -0.2) is 4.98 Å². The van der Waals surface area contributed by atoms with Gasteiger partial charge >= 0.3 is 0 Å². The highest BCUT2D eigenvalue weighted by Gasteiger charge is 1.85. The van der Waals surface area contributed by atoms with Gasteiger partial charge in [-0.1, -0.05) is 338 Å². The van der Waals surface area contributed by atoms with Gasteiger partial charge in [-0.15, -0.1) is 0 Å². The fourth-order valence-corrected chi connectivity index (χ4v) is 3.02. The molecular weight excluding hydrogens is 843 g/mol. The lowest BCUT2D eigenvalue weighted by molar-refractivity contribution is 0.567. The van der Waals surface area contributed by atoms with Crippen LogP contribution >= 0.6 is 11.3 Å². The summed E-state index contributed by atoms with van der Waals surface area (Å²) in [6.07, 6.45) is 5.04. The lowest BCUT2D eigenvalue weighted by Crippen LogP contribution is -1.72. The predicted octanol–water partition coefficient (Wildman–Crippen LogP) is 26.7. The highest BCUT2D eigenvalue weighted by molar-refractivity contribution is 7.07. The SMILES string of the molecule is CC.CC.CC.CC.CC.CC.CC.CC.CC.CC.CC.CC.CC.CC.CC.CC.CC.Cc1ccccc1.Cc1ccccn1.c1ccc2ccccc2c1.c1ccoc1.c1ccsc1. The van der Waals surface area contributed by atoms with E-state index in [0.29, 0.717) is 0 Å². The van der Waals surface area contributed by atoms with Crippen molar-refractivity contribution in [1.82, 2.24) is 4.98 Å². The number of thiophene rings is 1. The molecule has 0 N–H and O–H groups in total. The molecule has 3 heteroatoms. The van der Waals surface area contributed by atoms with E-state index in [1.54, 1.807) is 30.1 Å². The molecule has 0 fully saturated rings. The molecule has 0 aliphatic rings. The van der Waals surface area contributed by atoms with E-state index in [9.17, 15) is 0 Å². The summed E-state index contributed by atoms with van der Waals surface area (Å²) >= 11 is 1.71. The molecule has 0 atom stereocenters. The van der Waals surface area contributed by atoms with Gasteiger partial charge in [0.1, 0.15) is 0 Å². The maximum Gasteiger partial charge on any atom is 0.0902 e. The van der Waals surface area contributed by atoms with Gasteiger partial charge in [-0.25, -0.2) is 0 Å². The Kier molecular flexibility index (Phi) is 303. The number of fused-ring (bicyclic) bond motifs is 1. The van der Waals surface area contributed by atoms with Crippen LogP contribution in [0.2, 0.25) is 0 Å². The van der Waals surface area contributed by atoms with Gasteiger partial charge < -0.3 is 4.42 Å². The molecule has 0 spiro atoms. The average molecular weight is 977 g/mol. The number of benzene rings is 3. The van der Waals surface area contributed by atoms with Crippen molar-refractivity contribution < 1.29 is 4.42 Å². The average Bonchev–Trinajstić information content (AvgIpc) is 4.31. The molecule has 410 valence electrons. The van der Waals surface area contributed by atoms with Crippen molar-refractivity contribution in [2.45, 2.75) is 249 Å². The standard InChI is InChI=1S/C10H8.C7H8.C6H7N.C4H4O.C4H4S.17C2H6/c1-2-6-10-8-4-3-7-9(10)5-1;1-7-5-3-2-4-6-7;1-6-4-2-3-5-7-6;2*1-2-4-5-3-1;17*1-2/h1-8H;2-6H,1H3;2-5H,1H3;2*1-4H;17*1-2H3. The number of nitrogens with zero attached hydrogens (tertiary/aromatic N) is 1. The van der Waals surface area contributed by atoms with Crippen LogP contribution in [0.3, 0.4) is 0 Å². The largest absolute Gasteiger partial charge is 0.473 e. The Hall–Kier alpha value is -3.95. The molecule has 6 aromatic rings. The van der Waals surface area contributed by atoms with Crippen LogP contribution < -0.4 is 0 Å². The molecule has 2 nitrogen and oxygen atoms in total. The molecule has 0 radical (unpaired) electrons. The molecule has 0 aliphatic carbocycles. The third-order valence-corrected chi connectivity index (χ3v) is 4.89. The molecule has 6 rings (SSSR count). The minimum atomic E-state index is 1.07. The van der Waals surface area contributed by atoms with Crippen LogP contribution in [0, 0.1) is 13.8 Å². The summed E-state index contributed by atoms with van der Waals surface area (Å²) in [5, 5.41) is 6.70. The lowest BCUT2D eigenvalue weighted by atomic mass is 10.1. The Morgan fingerprint density at radius 1 is 0.279 bits per heavy atom. The third-order valence-electron chi connectivity index (χ3n) is 4.26.